The Morgan fingerprint density at radius 1 is 1.10 bits per heavy atom. The normalized spacial score (nSPS) is 20.7. The van der Waals surface area contributed by atoms with Gasteiger partial charge >= 0.3 is 0 Å². The second-order valence-corrected chi connectivity index (χ2v) is 7.01. The zero-order valence-electron chi connectivity index (χ0n) is 14.1. The molecule has 118 valence electrons. The van der Waals surface area contributed by atoms with Crippen LogP contribution >= 0.6 is 0 Å². The van der Waals surface area contributed by atoms with Crippen molar-refractivity contribution < 1.29 is 0 Å². The van der Waals surface area contributed by atoms with Crippen LogP contribution in [0.3, 0.4) is 0 Å². The van der Waals surface area contributed by atoms with Crippen LogP contribution in [0.5, 0.6) is 0 Å². The third kappa shape index (κ3) is 5.80. The second-order valence-electron chi connectivity index (χ2n) is 7.01. The van der Waals surface area contributed by atoms with E-state index in [4.69, 9.17) is 0 Å². The molecule has 0 aromatic heterocycles. The third-order valence-corrected chi connectivity index (χ3v) is 4.48. The molecule has 1 unspecified atom stereocenters. The standard InChI is InChI=1S/C19H32N2/c1-16(2)13-20-14-18-8-10-19(11-9-18)15-21-12-6-4-5-7-17(21)3/h8-11,16-17,20H,4-7,12-15H2,1-3H3. The summed E-state index contributed by atoms with van der Waals surface area (Å²) in [4.78, 5) is 2.65. The van der Waals surface area contributed by atoms with Crippen molar-refractivity contribution in [2.45, 2.75) is 65.6 Å². The molecule has 1 aliphatic rings. The van der Waals surface area contributed by atoms with Gasteiger partial charge in [-0.3, -0.25) is 4.90 Å². The third-order valence-electron chi connectivity index (χ3n) is 4.48. The molecule has 0 spiro atoms. The fourth-order valence-corrected chi connectivity index (χ4v) is 3.07. The van der Waals surface area contributed by atoms with Gasteiger partial charge in [0, 0.05) is 19.1 Å². The zero-order valence-corrected chi connectivity index (χ0v) is 14.1. The zero-order chi connectivity index (χ0) is 15.1. The summed E-state index contributed by atoms with van der Waals surface area (Å²) < 4.78 is 0. The van der Waals surface area contributed by atoms with Crippen molar-refractivity contribution in [3.8, 4) is 0 Å². The first-order valence-electron chi connectivity index (χ1n) is 8.67. The largest absolute Gasteiger partial charge is 0.312 e. The topological polar surface area (TPSA) is 15.3 Å². The quantitative estimate of drug-likeness (QED) is 0.844. The number of rotatable bonds is 6. The Morgan fingerprint density at radius 3 is 2.52 bits per heavy atom. The fraction of sp³-hybridized carbons (Fsp3) is 0.684. The molecule has 1 atom stereocenters. The second kappa shape index (κ2) is 8.55. The van der Waals surface area contributed by atoms with E-state index in [0.29, 0.717) is 5.92 Å². The van der Waals surface area contributed by atoms with Crippen molar-refractivity contribution in [3.63, 3.8) is 0 Å². The molecule has 1 aromatic rings. The van der Waals surface area contributed by atoms with Crippen LogP contribution in [0.2, 0.25) is 0 Å². The van der Waals surface area contributed by atoms with E-state index in [1.54, 1.807) is 0 Å². The summed E-state index contributed by atoms with van der Waals surface area (Å²) in [5, 5.41) is 3.51. The molecule has 2 heteroatoms. The van der Waals surface area contributed by atoms with Gasteiger partial charge in [0.05, 0.1) is 0 Å². The van der Waals surface area contributed by atoms with Crippen molar-refractivity contribution >= 4 is 0 Å². The van der Waals surface area contributed by atoms with E-state index >= 15 is 0 Å². The Bertz CT molecular complexity index is 397. The van der Waals surface area contributed by atoms with Crippen molar-refractivity contribution in [3.05, 3.63) is 35.4 Å². The summed E-state index contributed by atoms with van der Waals surface area (Å²) in [5.74, 6) is 0.716. The van der Waals surface area contributed by atoms with Gasteiger partial charge in [0.2, 0.25) is 0 Å². The maximum absolute atomic E-state index is 3.51. The molecular formula is C19H32N2. The van der Waals surface area contributed by atoms with Gasteiger partial charge in [0.15, 0.2) is 0 Å². The Morgan fingerprint density at radius 2 is 1.81 bits per heavy atom. The first-order valence-corrected chi connectivity index (χ1v) is 8.67. The van der Waals surface area contributed by atoms with Gasteiger partial charge in [-0.05, 0) is 49.9 Å². The highest BCUT2D eigenvalue weighted by Crippen LogP contribution is 2.19. The molecule has 1 heterocycles. The molecule has 1 fully saturated rings. The van der Waals surface area contributed by atoms with E-state index in [9.17, 15) is 0 Å². The molecule has 0 radical (unpaired) electrons. The summed E-state index contributed by atoms with van der Waals surface area (Å²) in [5.41, 5.74) is 2.85. The minimum Gasteiger partial charge on any atom is -0.312 e. The fourth-order valence-electron chi connectivity index (χ4n) is 3.07. The van der Waals surface area contributed by atoms with Gasteiger partial charge in [-0.2, -0.15) is 0 Å². The number of likely N-dealkylation sites (tertiary alicyclic amines) is 1. The molecule has 0 amide bonds. The predicted octanol–water partition coefficient (Wildman–Crippen LogP) is 4.20. The number of benzene rings is 1. The molecule has 1 N–H and O–H groups in total. The first kappa shape index (κ1) is 16.5. The van der Waals surface area contributed by atoms with E-state index in [1.165, 1.54) is 43.4 Å². The van der Waals surface area contributed by atoms with Crippen molar-refractivity contribution in [2.75, 3.05) is 13.1 Å². The van der Waals surface area contributed by atoms with E-state index in [-0.39, 0.29) is 0 Å². The highest BCUT2D eigenvalue weighted by molar-refractivity contribution is 5.22. The number of nitrogens with one attached hydrogen (secondary N) is 1. The minimum absolute atomic E-state index is 0.716. The van der Waals surface area contributed by atoms with Gasteiger partial charge in [-0.1, -0.05) is 51.0 Å². The number of hydrogen-bond acceptors (Lipinski definition) is 2. The summed E-state index contributed by atoms with van der Waals surface area (Å²) in [7, 11) is 0. The lowest BCUT2D eigenvalue weighted by Gasteiger charge is -2.27. The molecule has 0 saturated carbocycles. The van der Waals surface area contributed by atoms with Crippen molar-refractivity contribution in [1.82, 2.24) is 10.2 Å². The average molecular weight is 288 g/mol. The van der Waals surface area contributed by atoms with E-state index in [2.05, 4.69) is 55.3 Å². The van der Waals surface area contributed by atoms with Crippen LogP contribution in [0.25, 0.3) is 0 Å². The number of nitrogens with zero attached hydrogens (tertiary/aromatic N) is 1. The molecule has 0 aliphatic carbocycles. The van der Waals surface area contributed by atoms with Gasteiger partial charge in [0.1, 0.15) is 0 Å². The van der Waals surface area contributed by atoms with Gasteiger partial charge in [0.25, 0.3) is 0 Å². The lowest BCUT2D eigenvalue weighted by molar-refractivity contribution is 0.205. The van der Waals surface area contributed by atoms with Crippen LogP contribution in [0.4, 0.5) is 0 Å². The molecule has 0 bridgehead atoms. The Hall–Kier alpha value is -0.860. The summed E-state index contributed by atoms with van der Waals surface area (Å²) in [6.07, 6.45) is 5.53. The van der Waals surface area contributed by atoms with E-state index in [0.717, 1.165) is 25.7 Å². The summed E-state index contributed by atoms with van der Waals surface area (Å²) >= 11 is 0. The van der Waals surface area contributed by atoms with Crippen LogP contribution in [0.15, 0.2) is 24.3 Å². The van der Waals surface area contributed by atoms with Crippen LogP contribution < -0.4 is 5.32 Å². The summed E-state index contributed by atoms with van der Waals surface area (Å²) in [6, 6.07) is 9.92. The molecular weight excluding hydrogens is 256 g/mol. The molecule has 2 rings (SSSR count). The predicted molar refractivity (Wildman–Crippen MR) is 91.3 cm³/mol. The minimum atomic E-state index is 0.716. The van der Waals surface area contributed by atoms with Crippen LogP contribution in [-0.2, 0) is 13.1 Å². The lowest BCUT2D eigenvalue weighted by Crippen LogP contribution is -2.31. The van der Waals surface area contributed by atoms with Gasteiger partial charge < -0.3 is 5.32 Å². The van der Waals surface area contributed by atoms with Crippen molar-refractivity contribution in [2.24, 2.45) is 5.92 Å². The molecule has 1 saturated heterocycles. The lowest BCUT2D eigenvalue weighted by atomic mass is 10.1. The Balaban J connectivity index is 1.83. The van der Waals surface area contributed by atoms with Crippen molar-refractivity contribution in [1.29, 1.82) is 0 Å². The average Bonchev–Trinajstić information content (AvgIpc) is 2.66. The molecule has 1 aliphatic heterocycles. The maximum atomic E-state index is 3.51. The highest BCUT2D eigenvalue weighted by Gasteiger charge is 2.16. The molecule has 2 nitrogen and oxygen atoms in total. The van der Waals surface area contributed by atoms with E-state index in [1.807, 2.05) is 0 Å². The van der Waals surface area contributed by atoms with Crippen LogP contribution in [0, 0.1) is 5.92 Å². The van der Waals surface area contributed by atoms with Crippen LogP contribution in [0.1, 0.15) is 57.6 Å². The maximum Gasteiger partial charge on any atom is 0.0236 e. The van der Waals surface area contributed by atoms with Gasteiger partial charge in [-0.15, -0.1) is 0 Å². The Kier molecular flexibility index (Phi) is 6.72. The number of hydrogen-bond donors (Lipinski definition) is 1. The van der Waals surface area contributed by atoms with Gasteiger partial charge in [-0.25, -0.2) is 0 Å². The molecule has 1 aromatic carbocycles. The smallest absolute Gasteiger partial charge is 0.0236 e. The SMILES string of the molecule is CC(C)CNCc1ccc(CN2CCCCCC2C)cc1. The first-order chi connectivity index (χ1) is 10.1. The monoisotopic (exact) mass is 288 g/mol. The summed E-state index contributed by atoms with van der Waals surface area (Å²) in [6.45, 7) is 11.3. The van der Waals surface area contributed by atoms with Crippen LogP contribution in [-0.4, -0.2) is 24.0 Å². The highest BCUT2D eigenvalue weighted by atomic mass is 15.1. The Labute approximate surface area is 130 Å². The van der Waals surface area contributed by atoms with E-state index < -0.39 is 0 Å². The molecule has 21 heavy (non-hydrogen) atoms.